The van der Waals surface area contributed by atoms with Crippen LogP contribution in [0.3, 0.4) is 0 Å². The molecule has 7 heteroatoms. The Balaban J connectivity index is 2.75. The number of carbonyl (C=O) groups excluding carboxylic acids is 1. The molecule has 1 rings (SSSR count). The molecule has 0 aliphatic carbocycles. The minimum atomic E-state index is -0.256. The number of hydrogen-bond donors (Lipinski definition) is 3. The maximum absolute atomic E-state index is 12.0. The summed E-state index contributed by atoms with van der Waals surface area (Å²) in [6.07, 6.45) is 0. The summed E-state index contributed by atoms with van der Waals surface area (Å²) < 4.78 is 0. The van der Waals surface area contributed by atoms with Gasteiger partial charge in [0.1, 0.15) is 0 Å². The standard InChI is InChI=1S/C20H34ClN5O/c1-7-26(8-2)17(15-11-9-10-12-16(15)21)13-23-19(22-6)24-14-18(27)25-20(3,4)5/h9-12,17H,7-8,13-14H2,1-6H3,(H,25,27)(H2,22,23,24). The highest BCUT2D eigenvalue weighted by Gasteiger charge is 2.21. The van der Waals surface area contributed by atoms with Crippen molar-refractivity contribution in [1.82, 2.24) is 20.9 Å². The van der Waals surface area contributed by atoms with Gasteiger partial charge in [0.05, 0.1) is 12.6 Å². The molecule has 0 saturated carbocycles. The largest absolute Gasteiger partial charge is 0.354 e. The van der Waals surface area contributed by atoms with E-state index < -0.39 is 0 Å². The van der Waals surface area contributed by atoms with E-state index in [1.54, 1.807) is 7.05 Å². The van der Waals surface area contributed by atoms with Crippen LogP contribution in [0, 0.1) is 0 Å². The van der Waals surface area contributed by atoms with Gasteiger partial charge in [0.25, 0.3) is 0 Å². The van der Waals surface area contributed by atoms with Crippen molar-refractivity contribution in [1.29, 1.82) is 0 Å². The lowest BCUT2D eigenvalue weighted by Gasteiger charge is -2.31. The Morgan fingerprint density at radius 2 is 1.81 bits per heavy atom. The molecule has 0 aliphatic heterocycles. The minimum Gasteiger partial charge on any atom is -0.354 e. The van der Waals surface area contributed by atoms with Crippen LogP contribution in [0.4, 0.5) is 0 Å². The van der Waals surface area contributed by atoms with Crippen molar-refractivity contribution in [2.75, 3.05) is 33.2 Å². The van der Waals surface area contributed by atoms with Crippen LogP contribution in [0.1, 0.15) is 46.2 Å². The molecule has 152 valence electrons. The molecule has 1 unspecified atom stereocenters. The number of halogens is 1. The number of rotatable bonds is 8. The molecule has 0 fully saturated rings. The van der Waals surface area contributed by atoms with E-state index >= 15 is 0 Å². The monoisotopic (exact) mass is 395 g/mol. The van der Waals surface area contributed by atoms with E-state index in [-0.39, 0.29) is 24.0 Å². The number of carbonyl (C=O) groups is 1. The number of hydrogen-bond acceptors (Lipinski definition) is 3. The molecule has 0 spiro atoms. The molecule has 1 aromatic rings. The molecule has 3 N–H and O–H groups in total. The van der Waals surface area contributed by atoms with Crippen LogP contribution in [0.25, 0.3) is 0 Å². The van der Waals surface area contributed by atoms with Gasteiger partial charge in [0, 0.05) is 24.2 Å². The van der Waals surface area contributed by atoms with Crippen LogP contribution >= 0.6 is 11.6 Å². The topological polar surface area (TPSA) is 68.8 Å². The van der Waals surface area contributed by atoms with Gasteiger partial charge < -0.3 is 16.0 Å². The normalized spacial score (nSPS) is 13.4. The summed E-state index contributed by atoms with van der Waals surface area (Å²) in [6.45, 7) is 12.8. The molecule has 0 aliphatic rings. The summed E-state index contributed by atoms with van der Waals surface area (Å²) in [5.74, 6) is 0.514. The van der Waals surface area contributed by atoms with Crippen molar-refractivity contribution in [2.45, 2.75) is 46.2 Å². The van der Waals surface area contributed by atoms with Crippen molar-refractivity contribution in [3.8, 4) is 0 Å². The third-order valence-electron chi connectivity index (χ3n) is 4.13. The van der Waals surface area contributed by atoms with Crippen molar-refractivity contribution in [3.63, 3.8) is 0 Å². The Kier molecular flexibility index (Phi) is 9.60. The number of benzene rings is 1. The van der Waals surface area contributed by atoms with Gasteiger partial charge in [-0.3, -0.25) is 14.7 Å². The molecular weight excluding hydrogens is 362 g/mol. The summed E-state index contributed by atoms with van der Waals surface area (Å²) in [7, 11) is 1.69. The maximum atomic E-state index is 12.0. The molecule has 1 aromatic carbocycles. The highest BCUT2D eigenvalue weighted by atomic mass is 35.5. The summed E-state index contributed by atoms with van der Waals surface area (Å²) in [5.41, 5.74) is 0.824. The van der Waals surface area contributed by atoms with Gasteiger partial charge in [0.2, 0.25) is 5.91 Å². The first-order valence-corrected chi connectivity index (χ1v) is 9.83. The quantitative estimate of drug-likeness (QED) is 0.467. The SMILES string of the molecule is CCN(CC)C(CNC(=NC)NCC(=O)NC(C)(C)C)c1ccccc1Cl. The summed E-state index contributed by atoms with van der Waals surface area (Å²) in [6, 6.07) is 8.02. The minimum absolute atomic E-state index is 0.0724. The van der Waals surface area contributed by atoms with Crippen LogP contribution in [0.15, 0.2) is 29.3 Å². The lowest BCUT2D eigenvalue weighted by atomic mass is 10.0. The van der Waals surface area contributed by atoms with Crippen LogP contribution < -0.4 is 16.0 Å². The number of guanidine groups is 1. The number of likely N-dealkylation sites (N-methyl/N-ethyl adjacent to an activating group) is 1. The van der Waals surface area contributed by atoms with Gasteiger partial charge in [-0.1, -0.05) is 43.6 Å². The lowest BCUT2D eigenvalue weighted by Crippen LogP contribution is -2.49. The third kappa shape index (κ3) is 8.18. The highest BCUT2D eigenvalue weighted by Crippen LogP contribution is 2.26. The summed E-state index contributed by atoms with van der Waals surface area (Å²) in [4.78, 5) is 18.6. The average Bonchev–Trinajstić information content (AvgIpc) is 2.60. The van der Waals surface area contributed by atoms with E-state index in [9.17, 15) is 4.79 Å². The first-order valence-electron chi connectivity index (χ1n) is 9.45. The van der Waals surface area contributed by atoms with Crippen LogP contribution in [0.2, 0.25) is 5.02 Å². The zero-order valence-electron chi connectivity index (χ0n) is 17.4. The van der Waals surface area contributed by atoms with Gasteiger partial charge >= 0.3 is 0 Å². The fourth-order valence-electron chi connectivity index (χ4n) is 2.89. The summed E-state index contributed by atoms with van der Waals surface area (Å²) >= 11 is 6.44. The second kappa shape index (κ2) is 11.1. The lowest BCUT2D eigenvalue weighted by molar-refractivity contribution is -0.121. The fraction of sp³-hybridized carbons (Fsp3) is 0.600. The molecule has 27 heavy (non-hydrogen) atoms. The van der Waals surface area contributed by atoms with E-state index in [0.717, 1.165) is 23.7 Å². The van der Waals surface area contributed by atoms with Crippen molar-refractivity contribution < 1.29 is 4.79 Å². The number of amides is 1. The zero-order valence-corrected chi connectivity index (χ0v) is 18.2. The summed E-state index contributed by atoms with van der Waals surface area (Å²) in [5, 5.41) is 10.1. The first kappa shape index (κ1) is 23.2. The van der Waals surface area contributed by atoms with E-state index in [0.29, 0.717) is 12.5 Å². The molecule has 0 radical (unpaired) electrons. The van der Waals surface area contributed by atoms with Gasteiger partial charge in [-0.2, -0.15) is 0 Å². The zero-order chi connectivity index (χ0) is 20.4. The van der Waals surface area contributed by atoms with Gasteiger partial charge in [0.15, 0.2) is 5.96 Å². The number of aliphatic imine (C=N–C) groups is 1. The Morgan fingerprint density at radius 3 is 2.33 bits per heavy atom. The number of nitrogens with one attached hydrogen (secondary N) is 3. The van der Waals surface area contributed by atoms with E-state index in [2.05, 4.69) is 45.8 Å². The molecular formula is C20H34ClN5O. The van der Waals surface area contributed by atoms with Crippen molar-refractivity contribution >= 4 is 23.5 Å². The molecule has 0 bridgehead atoms. The Morgan fingerprint density at radius 1 is 1.19 bits per heavy atom. The predicted molar refractivity (Wildman–Crippen MR) is 114 cm³/mol. The molecule has 0 saturated heterocycles. The van der Waals surface area contributed by atoms with Crippen molar-refractivity contribution in [3.05, 3.63) is 34.9 Å². The van der Waals surface area contributed by atoms with Crippen LogP contribution in [0.5, 0.6) is 0 Å². The average molecular weight is 396 g/mol. The fourth-order valence-corrected chi connectivity index (χ4v) is 3.15. The highest BCUT2D eigenvalue weighted by molar-refractivity contribution is 6.31. The molecule has 1 atom stereocenters. The molecule has 6 nitrogen and oxygen atoms in total. The predicted octanol–water partition coefficient (Wildman–Crippen LogP) is 2.80. The van der Waals surface area contributed by atoms with Crippen LogP contribution in [-0.4, -0.2) is 55.5 Å². The second-order valence-corrected chi connectivity index (χ2v) is 7.77. The Bertz CT molecular complexity index is 623. The first-order chi connectivity index (χ1) is 12.7. The maximum Gasteiger partial charge on any atom is 0.239 e. The van der Waals surface area contributed by atoms with Crippen LogP contribution in [-0.2, 0) is 4.79 Å². The van der Waals surface area contributed by atoms with E-state index in [1.807, 2.05) is 39.0 Å². The molecule has 1 amide bonds. The van der Waals surface area contributed by atoms with Gasteiger partial charge in [-0.25, -0.2) is 0 Å². The third-order valence-corrected chi connectivity index (χ3v) is 4.48. The number of nitrogens with zero attached hydrogens (tertiary/aromatic N) is 2. The second-order valence-electron chi connectivity index (χ2n) is 7.36. The van der Waals surface area contributed by atoms with E-state index in [1.165, 1.54) is 0 Å². The Hall–Kier alpha value is -1.79. The van der Waals surface area contributed by atoms with Crippen molar-refractivity contribution in [2.24, 2.45) is 4.99 Å². The smallest absolute Gasteiger partial charge is 0.239 e. The van der Waals surface area contributed by atoms with Gasteiger partial charge in [-0.05, 0) is 45.5 Å². The Labute approximate surface area is 168 Å². The molecule has 0 aromatic heterocycles. The van der Waals surface area contributed by atoms with Gasteiger partial charge in [-0.15, -0.1) is 0 Å². The molecule has 0 heterocycles. The van der Waals surface area contributed by atoms with E-state index in [4.69, 9.17) is 11.6 Å².